The van der Waals surface area contributed by atoms with Gasteiger partial charge in [0.2, 0.25) is 0 Å². The van der Waals surface area contributed by atoms with Crippen molar-refractivity contribution in [3.8, 4) is 0 Å². The Hall–Kier alpha value is -0.121. The number of aromatic amines is 1. The van der Waals surface area contributed by atoms with Crippen LogP contribution in [0, 0.1) is 0 Å². The van der Waals surface area contributed by atoms with E-state index in [4.69, 9.17) is 0 Å². The minimum absolute atomic E-state index is 0.722. The van der Waals surface area contributed by atoms with Crippen LogP contribution in [0.1, 0.15) is 0 Å². The standard InChI is InChI=1S/C3H4N2OSSe/c6-7(8)3-1-4-5-2-3/h1-2,7H,(H,4,5). The normalized spacial score (nSPS) is 13.5. The summed E-state index contributed by atoms with van der Waals surface area (Å²) in [5, 5.41) is 6.17. The fraction of sp³-hybridized carbons (Fsp3) is 0. The van der Waals surface area contributed by atoms with E-state index in [1.807, 2.05) is 0 Å². The van der Waals surface area contributed by atoms with Gasteiger partial charge in [-0.05, 0) is 0 Å². The Balaban J connectivity index is 3.11. The zero-order chi connectivity index (χ0) is 5.98. The SMILES string of the molecule is O=[SH](=[Se])c1cn[nH]c1. The molecule has 1 heterocycles. The van der Waals surface area contributed by atoms with Crippen molar-refractivity contribution in [2.75, 3.05) is 0 Å². The second-order valence-corrected chi connectivity index (χ2v) is 4.33. The molecule has 0 aromatic carbocycles. The van der Waals surface area contributed by atoms with Crippen LogP contribution in [-0.2, 0) is 8.72 Å². The maximum atomic E-state index is 10.5. The first kappa shape index (κ1) is 6.01. The van der Waals surface area contributed by atoms with Gasteiger partial charge < -0.3 is 0 Å². The molecule has 1 rings (SSSR count). The van der Waals surface area contributed by atoms with Gasteiger partial charge in [0.25, 0.3) is 0 Å². The number of H-pyrrole nitrogens is 1. The topological polar surface area (TPSA) is 45.8 Å². The Bertz CT molecular complexity index is 219. The van der Waals surface area contributed by atoms with Crippen LogP contribution in [0.25, 0.3) is 0 Å². The molecule has 0 spiro atoms. The number of hydrogen-bond donors (Lipinski definition) is 2. The van der Waals surface area contributed by atoms with E-state index < -0.39 is 8.72 Å². The molecule has 44 valence electrons. The molecular formula is C3H4N2OSSe. The van der Waals surface area contributed by atoms with Crippen molar-refractivity contribution in [3.05, 3.63) is 12.4 Å². The number of hydrogen-bond acceptors (Lipinski definition) is 2. The van der Waals surface area contributed by atoms with Crippen LogP contribution >= 0.6 is 0 Å². The molecule has 0 amide bonds. The first-order chi connectivity index (χ1) is 3.80. The van der Waals surface area contributed by atoms with E-state index in [-0.39, 0.29) is 0 Å². The summed E-state index contributed by atoms with van der Waals surface area (Å²) in [7, 11) is -1.33. The van der Waals surface area contributed by atoms with Gasteiger partial charge in [-0.3, -0.25) is 0 Å². The van der Waals surface area contributed by atoms with Crippen molar-refractivity contribution in [1.29, 1.82) is 0 Å². The molecule has 1 atom stereocenters. The first-order valence-electron chi connectivity index (χ1n) is 1.94. The van der Waals surface area contributed by atoms with Crippen LogP contribution < -0.4 is 0 Å². The van der Waals surface area contributed by atoms with E-state index >= 15 is 0 Å². The number of nitrogens with zero attached hydrogens (tertiary/aromatic N) is 1. The van der Waals surface area contributed by atoms with Crippen LogP contribution in [0.4, 0.5) is 0 Å². The fourth-order valence-electron chi connectivity index (χ4n) is 0.344. The van der Waals surface area contributed by atoms with Crippen molar-refractivity contribution < 1.29 is 4.21 Å². The van der Waals surface area contributed by atoms with Gasteiger partial charge in [-0.15, -0.1) is 0 Å². The van der Waals surface area contributed by atoms with Crippen molar-refractivity contribution in [3.63, 3.8) is 0 Å². The fourth-order valence-corrected chi connectivity index (χ4v) is 1.29. The van der Waals surface area contributed by atoms with E-state index in [1.54, 1.807) is 6.20 Å². The Morgan fingerprint density at radius 2 is 2.62 bits per heavy atom. The van der Waals surface area contributed by atoms with Gasteiger partial charge in [-0.25, -0.2) is 0 Å². The van der Waals surface area contributed by atoms with Gasteiger partial charge >= 0.3 is 54.8 Å². The van der Waals surface area contributed by atoms with Gasteiger partial charge in [-0.1, -0.05) is 0 Å². The Morgan fingerprint density at radius 3 is 2.88 bits per heavy atom. The molecule has 0 aliphatic carbocycles. The molecule has 0 fully saturated rings. The summed E-state index contributed by atoms with van der Waals surface area (Å²) in [5.74, 6) is 0. The average Bonchev–Trinajstić information content (AvgIpc) is 2.12. The van der Waals surface area contributed by atoms with Crippen LogP contribution in [0.3, 0.4) is 0 Å². The van der Waals surface area contributed by atoms with Gasteiger partial charge in [0.15, 0.2) is 0 Å². The van der Waals surface area contributed by atoms with E-state index in [2.05, 4.69) is 24.6 Å². The monoisotopic (exact) mass is 196 g/mol. The molecule has 1 N–H and O–H groups in total. The predicted octanol–water partition coefficient (Wildman–Crippen LogP) is -0.667. The number of aromatic nitrogens is 2. The Morgan fingerprint density at radius 1 is 1.88 bits per heavy atom. The third-order valence-electron chi connectivity index (χ3n) is 0.695. The van der Waals surface area contributed by atoms with E-state index in [9.17, 15) is 4.21 Å². The Labute approximate surface area is 55.2 Å². The molecule has 0 radical (unpaired) electrons. The molecule has 0 saturated carbocycles. The van der Waals surface area contributed by atoms with E-state index in [0.29, 0.717) is 0 Å². The molecule has 0 bridgehead atoms. The molecule has 1 aromatic heterocycles. The van der Waals surface area contributed by atoms with Crippen LogP contribution in [-0.4, -0.2) is 28.8 Å². The van der Waals surface area contributed by atoms with Gasteiger partial charge in [-0.2, -0.15) is 0 Å². The zero-order valence-electron chi connectivity index (χ0n) is 3.87. The molecule has 0 saturated heterocycles. The molecule has 1 aromatic rings. The summed E-state index contributed by atoms with van der Waals surface area (Å²) in [4.78, 5) is 0.722. The zero-order valence-corrected chi connectivity index (χ0v) is 6.47. The molecule has 5 heteroatoms. The van der Waals surface area contributed by atoms with E-state index in [1.165, 1.54) is 6.20 Å². The summed E-state index contributed by atoms with van der Waals surface area (Å²) in [6, 6.07) is 0. The molecular weight excluding hydrogens is 191 g/mol. The summed E-state index contributed by atoms with van der Waals surface area (Å²) < 4.78 is 10.5. The van der Waals surface area contributed by atoms with Crippen molar-refractivity contribution >= 4 is 23.1 Å². The Kier molecular flexibility index (Phi) is 1.83. The predicted molar refractivity (Wildman–Crippen MR) is 32.1 cm³/mol. The van der Waals surface area contributed by atoms with Gasteiger partial charge in [0.05, 0.1) is 0 Å². The number of nitrogens with one attached hydrogen (secondary N) is 1. The quantitative estimate of drug-likeness (QED) is 0.461. The second-order valence-electron chi connectivity index (χ2n) is 1.21. The van der Waals surface area contributed by atoms with Crippen molar-refractivity contribution in [2.24, 2.45) is 0 Å². The summed E-state index contributed by atoms with van der Waals surface area (Å²) >= 11 is 2.49. The number of rotatable bonds is 1. The molecule has 0 aliphatic rings. The molecule has 8 heavy (non-hydrogen) atoms. The summed E-state index contributed by atoms with van der Waals surface area (Å²) in [5.41, 5.74) is 0. The van der Waals surface area contributed by atoms with E-state index in [0.717, 1.165) is 4.90 Å². The summed E-state index contributed by atoms with van der Waals surface area (Å²) in [6.07, 6.45) is 3.14. The third kappa shape index (κ3) is 1.18. The van der Waals surface area contributed by atoms with Crippen LogP contribution in [0.2, 0.25) is 0 Å². The first-order valence-corrected chi connectivity index (χ1v) is 5.41. The van der Waals surface area contributed by atoms with Crippen LogP contribution in [0.5, 0.6) is 0 Å². The third-order valence-corrected chi connectivity index (χ3v) is 2.69. The van der Waals surface area contributed by atoms with Gasteiger partial charge in [0.1, 0.15) is 0 Å². The minimum atomic E-state index is -1.33. The summed E-state index contributed by atoms with van der Waals surface area (Å²) in [6.45, 7) is 0. The van der Waals surface area contributed by atoms with Crippen LogP contribution in [0.15, 0.2) is 17.3 Å². The maximum absolute atomic E-state index is 10.5. The van der Waals surface area contributed by atoms with Crippen molar-refractivity contribution in [2.45, 2.75) is 4.90 Å². The molecule has 3 nitrogen and oxygen atoms in total. The molecule has 1 unspecified atom stereocenters. The number of thiol groups is 1. The van der Waals surface area contributed by atoms with Gasteiger partial charge in [0, 0.05) is 0 Å². The molecule has 0 aliphatic heterocycles. The van der Waals surface area contributed by atoms with Crippen molar-refractivity contribution in [1.82, 2.24) is 10.2 Å². The average molecular weight is 195 g/mol. The second kappa shape index (κ2) is 2.44.